The molecule has 2 bridgehead atoms. The highest BCUT2D eigenvalue weighted by atomic mass is 16.3. The molecule has 2 aromatic rings. The van der Waals surface area contributed by atoms with E-state index < -0.39 is 0 Å². The molecule has 4 aliphatic heterocycles. The summed E-state index contributed by atoms with van der Waals surface area (Å²) in [6.07, 6.45) is 4.05. The van der Waals surface area contributed by atoms with E-state index in [1.807, 2.05) is 0 Å². The molecule has 6 nitrogen and oxygen atoms in total. The number of rotatable bonds is 6. The van der Waals surface area contributed by atoms with Crippen LogP contribution in [0.4, 0.5) is 5.69 Å². The number of anilines is 1. The van der Waals surface area contributed by atoms with E-state index in [1.165, 1.54) is 38.2 Å². The largest absolute Gasteiger partial charge is 0.459 e. The molecule has 160 valence electrons. The second-order valence-electron chi connectivity index (χ2n) is 9.00. The topological polar surface area (TPSA) is 52.0 Å². The van der Waals surface area contributed by atoms with Gasteiger partial charge in [-0.15, -0.1) is 0 Å². The molecule has 0 aliphatic carbocycles. The van der Waals surface area contributed by atoms with Crippen molar-refractivity contribution >= 4 is 11.6 Å². The number of piperazine rings is 1. The predicted octanol–water partition coefficient (Wildman–Crippen LogP) is 2.54. The van der Waals surface area contributed by atoms with E-state index >= 15 is 0 Å². The van der Waals surface area contributed by atoms with Gasteiger partial charge in [0.1, 0.15) is 0 Å². The average molecular weight is 409 g/mol. The molecule has 4 unspecified atom stereocenters. The highest BCUT2D eigenvalue weighted by molar-refractivity contribution is 5.91. The van der Waals surface area contributed by atoms with Gasteiger partial charge in [0.15, 0.2) is 5.76 Å². The summed E-state index contributed by atoms with van der Waals surface area (Å²) in [7, 11) is 0. The third kappa shape index (κ3) is 4.25. The summed E-state index contributed by atoms with van der Waals surface area (Å²) in [4.78, 5) is 20.0. The Balaban J connectivity index is 1.09. The van der Waals surface area contributed by atoms with Gasteiger partial charge in [0.25, 0.3) is 5.91 Å². The molecule has 0 radical (unpaired) electrons. The van der Waals surface area contributed by atoms with Gasteiger partial charge in [0.2, 0.25) is 0 Å². The SMILES string of the molecule is O=C(NCC1CC2CCN1CC2CN1CCN(c2ccccc2)CC1)c1ccco1. The van der Waals surface area contributed by atoms with Crippen molar-refractivity contribution in [2.75, 3.05) is 57.3 Å². The van der Waals surface area contributed by atoms with Crippen molar-refractivity contribution in [3.63, 3.8) is 0 Å². The Kier molecular flexibility index (Phi) is 5.77. The van der Waals surface area contributed by atoms with Gasteiger partial charge >= 0.3 is 0 Å². The van der Waals surface area contributed by atoms with Crippen LogP contribution >= 0.6 is 0 Å². The highest BCUT2D eigenvalue weighted by Gasteiger charge is 2.40. The summed E-state index contributed by atoms with van der Waals surface area (Å²) < 4.78 is 5.20. The lowest BCUT2D eigenvalue weighted by Crippen LogP contribution is -2.59. The second kappa shape index (κ2) is 8.82. The minimum Gasteiger partial charge on any atom is -0.459 e. The molecule has 4 saturated heterocycles. The second-order valence-corrected chi connectivity index (χ2v) is 9.00. The molecule has 0 saturated carbocycles. The molecule has 1 aromatic heterocycles. The number of amides is 1. The summed E-state index contributed by atoms with van der Waals surface area (Å²) in [5.41, 5.74) is 1.35. The van der Waals surface area contributed by atoms with Gasteiger partial charge in [-0.2, -0.15) is 0 Å². The van der Waals surface area contributed by atoms with Gasteiger partial charge < -0.3 is 14.6 Å². The molecule has 30 heavy (non-hydrogen) atoms. The fraction of sp³-hybridized carbons (Fsp3) is 0.542. The number of hydrogen-bond donors (Lipinski definition) is 1. The van der Waals surface area contributed by atoms with Gasteiger partial charge in [-0.1, -0.05) is 18.2 Å². The summed E-state index contributed by atoms with van der Waals surface area (Å²) >= 11 is 0. The third-order valence-electron chi connectivity index (χ3n) is 7.24. The number of fused-ring (bicyclic) bond motifs is 3. The van der Waals surface area contributed by atoms with Crippen molar-refractivity contribution < 1.29 is 9.21 Å². The number of para-hydroxylation sites is 1. The number of benzene rings is 1. The fourth-order valence-electron chi connectivity index (χ4n) is 5.53. The van der Waals surface area contributed by atoms with Crippen LogP contribution in [-0.2, 0) is 0 Å². The van der Waals surface area contributed by atoms with Crippen LogP contribution in [0.25, 0.3) is 0 Å². The van der Waals surface area contributed by atoms with E-state index in [-0.39, 0.29) is 5.91 Å². The summed E-state index contributed by atoms with van der Waals surface area (Å²) in [6, 6.07) is 14.7. The predicted molar refractivity (Wildman–Crippen MR) is 118 cm³/mol. The van der Waals surface area contributed by atoms with Crippen molar-refractivity contribution in [2.24, 2.45) is 11.8 Å². The number of carbonyl (C=O) groups excluding carboxylic acids is 1. The minimum absolute atomic E-state index is 0.101. The van der Waals surface area contributed by atoms with Crippen molar-refractivity contribution in [1.29, 1.82) is 0 Å². The summed E-state index contributed by atoms with van der Waals surface area (Å²) in [5.74, 6) is 1.85. The minimum atomic E-state index is -0.101. The van der Waals surface area contributed by atoms with Gasteiger partial charge in [-0.05, 0) is 55.5 Å². The lowest BCUT2D eigenvalue weighted by Gasteiger charge is -2.51. The lowest BCUT2D eigenvalue weighted by molar-refractivity contribution is -0.0121. The quantitative estimate of drug-likeness (QED) is 0.796. The average Bonchev–Trinajstić information content (AvgIpc) is 3.34. The molecule has 1 aromatic carbocycles. The zero-order chi connectivity index (χ0) is 20.3. The van der Waals surface area contributed by atoms with Crippen LogP contribution < -0.4 is 10.2 Å². The molecule has 6 rings (SSSR count). The van der Waals surface area contributed by atoms with Crippen LogP contribution in [0.1, 0.15) is 23.4 Å². The van der Waals surface area contributed by atoms with Crippen molar-refractivity contribution in [1.82, 2.24) is 15.1 Å². The zero-order valence-electron chi connectivity index (χ0n) is 17.6. The molecular weight excluding hydrogens is 376 g/mol. The van der Waals surface area contributed by atoms with Crippen LogP contribution in [0.3, 0.4) is 0 Å². The first kappa shape index (κ1) is 19.6. The van der Waals surface area contributed by atoms with Gasteiger partial charge in [-0.25, -0.2) is 0 Å². The van der Waals surface area contributed by atoms with Gasteiger partial charge in [0, 0.05) is 57.5 Å². The molecule has 1 N–H and O–H groups in total. The first-order valence-corrected chi connectivity index (χ1v) is 11.3. The molecule has 6 heteroatoms. The normalized spacial score (nSPS) is 29.1. The maximum absolute atomic E-state index is 12.2. The smallest absolute Gasteiger partial charge is 0.287 e. The van der Waals surface area contributed by atoms with E-state index in [4.69, 9.17) is 4.42 Å². The van der Waals surface area contributed by atoms with Crippen LogP contribution in [0, 0.1) is 11.8 Å². The number of nitrogens with one attached hydrogen (secondary N) is 1. The first-order chi connectivity index (χ1) is 14.8. The lowest BCUT2D eigenvalue weighted by atomic mass is 9.75. The first-order valence-electron chi connectivity index (χ1n) is 11.3. The Morgan fingerprint density at radius 1 is 1.03 bits per heavy atom. The van der Waals surface area contributed by atoms with Crippen LogP contribution in [0.5, 0.6) is 0 Å². The van der Waals surface area contributed by atoms with E-state index in [2.05, 4.69) is 50.3 Å². The zero-order valence-corrected chi connectivity index (χ0v) is 17.6. The number of hydrogen-bond acceptors (Lipinski definition) is 5. The molecule has 4 fully saturated rings. The maximum atomic E-state index is 12.2. The molecule has 4 aliphatic rings. The number of furan rings is 1. The monoisotopic (exact) mass is 408 g/mol. The van der Waals surface area contributed by atoms with Crippen molar-refractivity contribution in [2.45, 2.75) is 18.9 Å². The van der Waals surface area contributed by atoms with E-state index in [0.717, 1.165) is 44.6 Å². The summed E-state index contributed by atoms with van der Waals surface area (Å²) in [6.45, 7) is 8.82. The Hall–Kier alpha value is -2.31. The fourth-order valence-corrected chi connectivity index (χ4v) is 5.53. The maximum Gasteiger partial charge on any atom is 0.287 e. The number of nitrogens with zero attached hydrogens (tertiary/aromatic N) is 3. The highest BCUT2D eigenvalue weighted by Crippen LogP contribution is 2.36. The Morgan fingerprint density at radius 3 is 2.57 bits per heavy atom. The molecule has 1 amide bonds. The van der Waals surface area contributed by atoms with E-state index in [0.29, 0.717) is 11.8 Å². The molecule has 0 spiro atoms. The van der Waals surface area contributed by atoms with Crippen LogP contribution in [0.15, 0.2) is 53.1 Å². The van der Waals surface area contributed by atoms with Crippen LogP contribution in [0.2, 0.25) is 0 Å². The Bertz CT molecular complexity index is 817. The van der Waals surface area contributed by atoms with Gasteiger partial charge in [0.05, 0.1) is 6.26 Å². The van der Waals surface area contributed by atoms with Gasteiger partial charge in [-0.3, -0.25) is 14.6 Å². The molecular formula is C24H32N4O2. The van der Waals surface area contributed by atoms with E-state index in [9.17, 15) is 4.79 Å². The number of piperidine rings is 3. The molecule has 4 atom stereocenters. The van der Waals surface area contributed by atoms with E-state index in [1.54, 1.807) is 18.4 Å². The van der Waals surface area contributed by atoms with Crippen molar-refractivity contribution in [3.8, 4) is 0 Å². The van der Waals surface area contributed by atoms with Crippen LogP contribution in [-0.4, -0.2) is 74.1 Å². The Morgan fingerprint density at radius 2 is 1.87 bits per heavy atom. The third-order valence-corrected chi connectivity index (χ3v) is 7.24. The Labute approximate surface area is 178 Å². The summed E-state index contributed by atoms with van der Waals surface area (Å²) in [5, 5.41) is 3.07. The molecule has 5 heterocycles. The van der Waals surface area contributed by atoms with Crippen molar-refractivity contribution in [3.05, 3.63) is 54.5 Å². The number of carbonyl (C=O) groups is 1. The standard InChI is InChI=1S/C24H32N4O2/c29-24(23-7-4-14-30-23)25-16-22-15-19-8-9-28(22)18-20(19)17-26-10-12-27(13-11-26)21-5-2-1-3-6-21/h1-7,14,19-20,22H,8-13,15-18H2,(H,25,29).